The summed E-state index contributed by atoms with van der Waals surface area (Å²) >= 11 is 0. The Labute approximate surface area is 113 Å². The second kappa shape index (κ2) is 5.87. The fourth-order valence-corrected chi connectivity index (χ4v) is 2.24. The van der Waals surface area contributed by atoms with E-state index in [1.807, 2.05) is 17.9 Å². The maximum Gasteiger partial charge on any atom is 0.260 e. The van der Waals surface area contributed by atoms with Crippen LogP contribution in [0.15, 0.2) is 18.2 Å². The molecule has 1 amide bonds. The van der Waals surface area contributed by atoms with E-state index >= 15 is 0 Å². The summed E-state index contributed by atoms with van der Waals surface area (Å²) in [5.41, 5.74) is 1.54. The molecule has 19 heavy (non-hydrogen) atoms. The first kappa shape index (κ1) is 13.6. The van der Waals surface area contributed by atoms with E-state index in [4.69, 9.17) is 4.74 Å². The summed E-state index contributed by atoms with van der Waals surface area (Å²) in [6.45, 7) is 5.06. The Balaban J connectivity index is 2.04. The molecule has 2 rings (SSSR count). The molecule has 1 heterocycles. The van der Waals surface area contributed by atoms with Gasteiger partial charge in [0.15, 0.2) is 12.4 Å². The third-order valence-corrected chi connectivity index (χ3v) is 3.33. The quantitative estimate of drug-likeness (QED) is 0.781. The van der Waals surface area contributed by atoms with E-state index in [0.717, 1.165) is 31.5 Å². The predicted octanol–water partition coefficient (Wildman–Crippen LogP) is 2.20. The Bertz CT molecular complexity index is 490. The minimum absolute atomic E-state index is 0.00370. The van der Waals surface area contributed by atoms with E-state index in [0.29, 0.717) is 11.3 Å². The Morgan fingerprint density at radius 3 is 2.58 bits per heavy atom. The van der Waals surface area contributed by atoms with E-state index in [1.165, 1.54) is 6.92 Å². The predicted molar refractivity (Wildman–Crippen MR) is 72.5 cm³/mol. The molecule has 1 aliphatic rings. The average Bonchev–Trinajstić information content (AvgIpc) is 2.89. The third kappa shape index (κ3) is 3.34. The number of ketones is 1. The van der Waals surface area contributed by atoms with Crippen molar-refractivity contribution in [3.63, 3.8) is 0 Å². The fraction of sp³-hybridized carbons (Fsp3) is 0.467. The molecule has 0 atom stereocenters. The lowest BCUT2D eigenvalue weighted by molar-refractivity contribution is -0.132. The fourth-order valence-electron chi connectivity index (χ4n) is 2.24. The van der Waals surface area contributed by atoms with Crippen molar-refractivity contribution >= 4 is 11.7 Å². The third-order valence-electron chi connectivity index (χ3n) is 3.33. The zero-order valence-electron chi connectivity index (χ0n) is 11.4. The van der Waals surface area contributed by atoms with E-state index < -0.39 is 0 Å². The molecule has 0 saturated carbocycles. The van der Waals surface area contributed by atoms with Gasteiger partial charge in [0, 0.05) is 13.1 Å². The van der Waals surface area contributed by atoms with Crippen molar-refractivity contribution in [3.8, 4) is 5.75 Å². The molecule has 1 aromatic rings. The first-order valence-electron chi connectivity index (χ1n) is 6.60. The van der Waals surface area contributed by atoms with E-state index in [-0.39, 0.29) is 18.3 Å². The number of amides is 1. The number of nitrogens with zero attached hydrogens (tertiary/aromatic N) is 1. The van der Waals surface area contributed by atoms with E-state index in [9.17, 15) is 9.59 Å². The number of likely N-dealkylation sites (tertiary alicyclic amines) is 1. The minimum Gasteiger partial charge on any atom is -0.483 e. The summed E-state index contributed by atoms with van der Waals surface area (Å²) in [4.78, 5) is 25.2. The molecule has 0 spiro atoms. The summed E-state index contributed by atoms with van der Waals surface area (Å²) < 4.78 is 5.54. The Morgan fingerprint density at radius 2 is 1.95 bits per heavy atom. The van der Waals surface area contributed by atoms with Gasteiger partial charge >= 0.3 is 0 Å². The molecule has 1 aromatic carbocycles. The van der Waals surface area contributed by atoms with Crippen LogP contribution in [0.1, 0.15) is 35.7 Å². The highest BCUT2D eigenvalue weighted by Crippen LogP contribution is 2.21. The molecular weight excluding hydrogens is 242 g/mol. The number of carbonyl (C=O) groups excluding carboxylic acids is 2. The van der Waals surface area contributed by atoms with Crippen molar-refractivity contribution in [1.29, 1.82) is 0 Å². The van der Waals surface area contributed by atoms with Gasteiger partial charge in [-0.05, 0) is 44.4 Å². The van der Waals surface area contributed by atoms with Crippen molar-refractivity contribution in [2.75, 3.05) is 19.7 Å². The largest absolute Gasteiger partial charge is 0.483 e. The van der Waals surface area contributed by atoms with Crippen LogP contribution in [0.4, 0.5) is 0 Å². The number of rotatable bonds is 4. The van der Waals surface area contributed by atoms with Crippen LogP contribution >= 0.6 is 0 Å². The summed E-state index contributed by atoms with van der Waals surface area (Å²) in [6, 6.07) is 5.41. The molecular formula is C15H19NO3. The first-order valence-corrected chi connectivity index (χ1v) is 6.60. The van der Waals surface area contributed by atoms with Crippen molar-refractivity contribution in [3.05, 3.63) is 29.3 Å². The Hall–Kier alpha value is -1.84. The van der Waals surface area contributed by atoms with E-state index in [1.54, 1.807) is 12.1 Å². The Kier molecular flexibility index (Phi) is 4.20. The zero-order valence-corrected chi connectivity index (χ0v) is 11.4. The van der Waals surface area contributed by atoms with Crippen LogP contribution in [0.2, 0.25) is 0 Å². The zero-order chi connectivity index (χ0) is 13.8. The monoisotopic (exact) mass is 261 g/mol. The molecule has 102 valence electrons. The molecule has 4 nitrogen and oxygen atoms in total. The SMILES string of the molecule is CC(=O)c1ccc(C)cc1OCC(=O)N1CCCC1. The number of benzene rings is 1. The van der Waals surface area contributed by atoms with Crippen molar-refractivity contribution in [2.45, 2.75) is 26.7 Å². The highest BCUT2D eigenvalue weighted by atomic mass is 16.5. The molecule has 0 radical (unpaired) electrons. The molecule has 0 aliphatic carbocycles. The summed E-state index contributed by atoms with van der Waals surface area (Å²) in [5.74, 6) is 0.442. The van der Waals surface area contributed by atoms with Crippen LogP contribution in [0.5, 0.6) is 5.75 Å². The van der Waals surface area contributed by atoms with Crippen LogP contribution in [0.25, 0.3) is 0 Å². The second-order valence-electron chi connectivity index (χ2n) is 4.93. The first-order chi connectivity index (χ1) is 9.08. The minimum atomic E-state index is -0.0522. The van der Waals surface area contributed by atoms with Crippen LogP contribution in [-0.4, -0.2) is 36.3 Å². The standard InChI is InChI=1S/C15H19NO3/c1-11-5-6-13(12(2)17)14(9-11)19-10-15(18)16-7-3-4-8-16/h5-6,9H,3-4,7-8,10H2,1-2H3. The molecule has 1 saturated heterocycles. The molecule has 1 fully saturated rings. The smallest absolute Gasteiger partial charge is 0.260 e. The van der Waals surface area contributed by atoms with Gasteiger partial charge in [-0.2, -0.15) is 0 Å². The average molecular weight is 261 g/mol. The number of hydrogen-bond donors (Lipinski definition) is 0. The van der Waals surface area contributed by atoms with Gasteiger partial charge in [-0.1, -0.05) is 6.07 Å². The van der Waals surface area contributed by atoms with Crippen LogP contribution in [-0.2, 0) is 4.79 Å². The molecule has 4 heteroatoms. The van der Waals surface area contributed by atoms with Crippen LogP contribution < -0.4 is 4.74 Å². The summed E-state index contributed by atoms with van der Waals surface area (Å²) in [7, 11) is 0. The number of Topliss-reactive ketones (excluding diaryl/α,β-unsaturated/α-hetero) is 1. The van der Waals surface area contributed by atoms with Gasteiger partial charge in [0.2, 0.25) is 0 Å². The lowest BCUT2D eigenvalue weighted by atomic mass is 10.1. The van der Waals surface area contributed by atoms with Gasteiger partial charge < -0.3 is 9.64 Å². The van der Waals surface area contributed by atoms with Gasteiger partial charge in [-0.3, -0.25) is 9.59 Å². The topological polar surface area (TPSA) is 46.6 Å². The normalized spacial score (nSPS) is 14.5. The van der Waals surface area contributed by atoms with E-state index in [2.05, 4.69) is 0 Å². The molecule has 0 unspecified atom stereocenters. The molecule has 0 bridgehead atoms. The lowest BCUT2D eigenvalue weighted by Crippen LogP contribution is -2.32. The van der Waals surface area contributed by atoms with Crippen molar-refractivity contribution in [2.24, 2.45) is 0 Å². The highest BCUT2D eigenvalue weighted by molar-refractivity contribution is 5.97. The van der Waals surface area contributed by atoms with Crippen molar-refractivity contribution < 1.29 is 14.3 Å². The number of carbonyl (C=O) groups is 2. The number of ether oxygens (including phenoxy) is 1. The molecule has 0 N–H and O–H groups in total. The van der Waals surface area contributed by atoms with Gasteiger partial charge in [0.25, 0.3) is 5.91 Å². The molecule has 1 aliphatic heterocycles. The van der Waals surface area contributed by atoms with Gasteiger partial charge in [0.1, 0.15) is 5.75 Å². The number of hydrogen-bond acceptors (Lipinski definition) is 3. The van der Waals surface area contributed by atoms with Crippen LogP contribution in [0.3, 0.4) is 0 Å². The van der Waals surface area contributed by atoms with Gasteiger partial charge in [-0.25, -0.2) is 0 Å². The van der Waals surface area contributed by atoms with Gasteiger partial charge in [0.05, 0.1) is 5.56 Å². The molecule has 0 aromatic heterocycles. The van der Waals surface area contributed by atoms with Crippen molar-refractivity contribution in [1.82, 2.24) is 4.90 Å². The Morgan fingerprint density at radius 1 is 1.26 bits per heavy atom. The van der Waals surface area contributed by atoms with Gasteiger partial charge in [-0.15, -0.1) is 0 Å². The lowest BCUT2D eigenvalue weighted by Gasteiger charge is -2.16. The maximum atomic E-state index is 11.9. The number of aryl methyl sites for hydroxylation is 1. The maximum absolute atomic E-state index is 11.9. The highest BCUT2D eigenvalue weighted by Gasteiger charge is 2.19. The summed E-state index contributed by atoms with van der Waals surface area (Å²) in [5, 5.41) is 0. The second-order valence-corrected chi connectivity index (χ2v) is 4.93. The van der Waals surface area contributed by atoms with Crippen LogP contribution in [0, 0.1) is 6.92 Å². The summed E-state index contributed by atoms with van der Waals surface area (Å²) in [6.07, 6.45) is 2.13.